The largest absolute Gasteiger partial charge is 0.497 e. The summed E-state index contributed by atoms with van der Waals surface area (Å²) in [5, 5.41) is 0.997. The number of pyridine rings is 1. The van der Waals surface area contributed by atoms with Gasteiger partial charge in [0.25, 0.3) is 0 Å². The van der Waals surface area contributed by atoms with E-state index in [-0.39, 0.29) is 6.09 Å². The summed E-state index contributed by atoms with van der Waals surface area (Å²) in [5.74, 6) is 1.23. The minimum atomic E-state index is -0.277. The summed E-state index contributed by atoms with van der Waals surface area (Å²) in [6.07, 6.45) is 1.86. The highest BCUT2D eigenvalue weighted by Gasteiger charge is 2.37. The molecule has 1 saturated carbocycles. The molecular formula is C15H14N2O3. The van der Waals surface area contributed by atoms with E-state index in [1.54, 1.807) is 12.0 Å². The normalized spacial score (nSPS) is 17.9. The first kappa shape index (κ1) is 11.5. The molecule has 1 aliphatic heterocycles. The van der Waals surface area contributed by atoms with Crippen molar-refractivity contribution in [3.63, 3.8) is 0 Å². The van der Waals surface area contributed by atoms with Gasteiger partial charge < -0.3 is 14.4 Å². The van der Waals surface area contributed by atoms with Crippen LogP contribution in [-0.2, 0) is 6.54 Å². The summed E-state index contributed by atoms with van der Waals surface area (Å²) >= 11 is 0. The van der Waals surface area contributed by atoms with Gasteiger partial charge in [0.2, 0.25) is 5.88 Å². The van der Waals surface area contributed by atoms with E-state index in [2.05, 4.69) is 4.98 Å². The molecule has 0 radical (unpaired) electrons. The van der Waals surface area contributed by atoms with E-state index in [1.165, 1.54) is 0 Å². The van der Waals surface area contributed by atoms with Crippen LogP contribution in [0.2, 0.25) is 0 Å². The van der Waals surface area contributed by atoms with E-state index < -0.39 is 0 Å². The van der Waals surface area contributed by atoms with Crippen molar-refractivity contribution < 1.29 is 14.3 Å². The van der Waals surface area contributed by atoms with Gasteiger partial charge in [0.1, 0.15) is 5.75 Å². The molecule has 0 atom stereocenters. The average Bonchev–Trinajstić information content (AvgIpc) is 3.28. The third-order valence-corrected chi connectivity index (χ3v) is 3.81. The summed E-state index contributed by atoms with van der Waals surface area (Å²) in [6, 6.07) is 8.04. The Balaban J connectivity index is 1.79. The molecule has 1 fully saturated rings. The third-order valence-electron chi connectivity index (χ3n) is 3.81. The second-order valence-corrected chi connectivity index (χ2v) is 5.24. The van der Waals surface area contributed by atoms with E-state index in [0.29, 0.717) is 18.5 Å². The number of rotatable bonds is 2. The maximum Gasteiger partial charge on any atom is 0.417 e. The quantitative estimate of drug-likeness (QED) is 0.842. The highest BCUT2D eigenvalue weighted by atomic mass is 16.6. The van der Waals surface area contributed by atoms with E-state index in [4.69, 9.17) is 9.47 Å². The number of ether oxygens (including phenoxy) is 2. The zero-order valence-corrected chi connectivity index (χ0v) is 11.1. The van der Waals surface area contributed by atoms with Gasteiger partial charge >= 0.3 is 6.09 Å². The minimum Gasteiger partial charge on any atom is -0.497 e. The van der Waals surface area contributed by atoms with Gasteiger partial charge in [0, 0.05) is 17.0 Å². The molecule has 1 amide bonds. The zero-order valence-electron chi connectivity index (χ0n) is 11.1. The maximum atomic E-state index is 11.9. The van der Waals surface area contributed by atoms with Crippen LogP contribution in [-0.4, -0.2) is 29.1 Å². The van der Waals surface area contributed by atoms with Crippen molar-refractivity contribution in [1.29, 1.82) is 0 Å². The Morgan fingerprint density at radius 2 is 2.20 bits per heavy atom. The number of nitrogens with zero attached hydrogens (tertiary/aromatic N) is 2. The Morgan fingerprint density at radius 3 is 2.95 bits per heavy atom. The second-order valence-electron chi connectivity index (χ2n) is 5.24. The van der Waals surface area contributed by atoms with Gasteiger partial charge in [-0.25, -0.2) is 9.78 Å². The van der Waals surface area contributed by atoms with Crippen molar-refractivity contribution in [2.75, 3.05) is 7.11 Å². The molecular weight excluding hydrogens is 256 g/mol. The number of hydrogen-bond acceptors (Lipinski definition) is 4. The van der Waals surface area contributed by atoms with Crippen LogP contribution in [0.1, 0.15) is 18.4 Å². The average molecular weight is 270 g/mol. The predicted molar refractivity (Wildman–Crippen MR) is 72.9 cm³/mol. The molecule has 1 aliphatic carbocycles. The molecule has 2 aliphatic rings. The molecule has 0 saturated heterocycles. The molecule has 0 bridgehead atoms. The molecule has 102 valence electrons. The topological polar surface area (TPSA) is 51.7 Å². The summed E-state index contributed by atoms with van der Waals surface area (Å²) in [7, 11) is 1.64. The molecule has 5 nitrogen and oxygen atoms in total. The van der Waals surface area contributed by atoms with Crippen LogP contribution in [0.3, 0.4) is 0 Å². The summed E-state index contributed by atoms with van der Waals surface area (Å²) in [6.45, 7) is 0.582. The Morgan fingerprint density at radius 1 is 1.35 bits per heavy atom. The Bertz CT molecular complexity index is 710. The fraction of sp³-hybridized carbons (Fsp3) is 0.333. The number of methoxy groups -OCH3 is 1. The molecule has 2 aromatic rings. The number of amides is 1. The number of carbonyl (C=O) groups is 1. The van der Waals surface area contributed by atoms with Crippen molar-refractivity contribution in [3.05, 3.63) is 29.8 Å². The number of aromatic nitrogens is 1. The minimum absolute atomic E-state index is 0.277. The molecule has 20 heavy (non-hydrogen) atoms. The SMILES string of the molecule is COc1ccc2nc3c(cc2c1)CN(C1CC1)C(=O)O3. The fourth-order valence-corrected chi connectivity index (χ4v) is 2.56. The standard InChI is InChI=1S/C15H14N2O3/c1-19-12-4-5-13-9(7-12)6-10-8-17(11-2-3-11)15(18)20-14(10)16-13/h4-7,11H,2-3,8H2,1H3. The highest BCUT2D eigenvalue weighted by Crippen LogP contribution is 2.35. The lowest BCUT2D eigenvalue weighted by molar-refractivity contribution is 0.133. The first-order chi connectivity index (χ1) is 9.74. The Labute approximate surface area is 116 Å². The van der Waals surface area contributed by atoms with Crippen LogP contribution >= 0.6 is 0 Å². The number of hydrogen-bond donors (Lipinski definition) is 0. The Hall–Kier alpha value is -2.30. The monoisotopic (exact) mass is 270 g/mol. The van der Waals surface area contributed by atoms with Crippen LogP contribution in [0.4, 0.5) is 4.79 Å². The molecule has 0 spiro atoms. The third kappa shape index (κ3) is 1.78. The lowest BCUT2D eigenvalue weighted by atomic mass is 10.1. The van der Waals surface area contributed by atoms with E-state index in [0.717, 1.165) is 35.1 Å². The fourth-order valence-electron chi connectivity index (χ4n) is 2.56. The van der Waals surface area contributed by atoms with E-state index >= 15 is 0 Å². The zero-order chi connectivity index (χ0) is 13.7. The van der Waals surface area contributed by atoms with Crippen molar-refractivity contribution >= 4 is 17.0 Å². The van der Waals surface area contributed by atoms with Gasteiger partial charge in [-0.15, -0.1) is 0 Å². The van der Waals surface area contributed by atoms with Gasteiger partial charge in [0.05, 0.1) is 19.2 Å². The number of carbonyl (C=O) groups excluding carboxylic acids is 1. The summed E-state index contributed by atoms with van der Waals surface area (Å²) < 4.78 is 10.6. The molecule has 0 unspecified atom stereocenters. The van der Waals surface area contributed by atoms with Crippen molar-refractivity contribution in [2.24, 2.45) is 0 Å². The van der Waals surface area contributed by atoms with Crippen LogP contribution < -0.4 is 9.47 Å². The number of fused-ring (bicyclic) bond motifs is 2. The van der Waals surface area contributed by atoms with E-state index in [9.17, 15) is 4.79 Å². The highest BCUT2D eigenvalue weighted by molar-refractivity contribution is 5.83. The predicted octanol–water partition coefficient (Wildman–Crippen LogP) is 2.72. The van der Waals surface area contributed by atoms with Crippen LogP contribution in [0.5, 0.6) is 11.6 Å². The molecule has 1 aromatic heterocycles. The Kier molecular flexibility index (Phi) is 2.36. The first-order valence-electron chi connectivity index (χ1n) is 6.71. The smallest absolute Gasteiger partial charge is 0.417 e. The molecule has 2 heterocycles. The van der Waals surface area contributed by atoms with Crippen LogP contribution in [0.25, 0.3) is 10.9 Å². The first-order valence-corrected chi connectivity index (χ1v) is 6.71. The molecule has 1 aromatic carbocycles. The second kappa shape index (κ2) is 4.10. The summed E-state index contributed by atoms with van der Waals surface area (Å²) in [5.41, 5.74) is 1.76. The van der Waals surface area contributed by atoms with Crippen molar-refractivity contribution in [1.82, 2.24) is 9.88 Å². The van der Waals surface area contributed by atoms with E-state index in [1.807, 2.05) is 24.3 Å². The lowest BCUT2D eigenvalue weighted by Crippen LogP contribution is -2.38. The lowest BCUT2D eigenvalue weighted by Gasteiger charge is -2.27. The molecule has 4 rings (SSSR count). The van der Waals surface area contributed by atoms with Crippen LogP contribution in [0, 0.1) is 0 Å². The van der Waals surface area contributed by atoms with Crippen molar-refractivity contribution in [3.8, 4) is 11.6 Å². The van der Waals surface area contributed by atoms with Gasteiger partial charge in [-0.2, -0.15) is 0 Å². The van der Waals surface area contributed by atoms with Crippen molar-refractivity contribution in [2.45, 2.75) is 25.4 Å². The summed E-state index contributed by atoms with van der Waals surface area (Å²) in [4.78, 5) is 18.1. The van der Waals surface area contributed by atoms with Gasteiger partial charge in [-0.3, -0.25) is 0 Å². The number of benzene rings is 1. The van der Waals surface area contributed by atoms with Crippen LogP contribution in [0.15, 0.2) is 24.3 Å². The molecule has 5 heteroatoms. The maximum absolute atomic E-state index is 11.9. The molecule has 0 N–H and O–H groups in total. The van der Waals surface area contributed by atoms with Gasteiger partial charge in [-0.1, -0.05) is 0 Å². The van der Waals surface area contributed by atoms with Gasteiger partial charge in [-0.05, 0) is 37.1 Å². The van der Waals surface area contributed by atoms with Gasteiger partial charge in [0.15, 0.2) is 0 Å².